The molecule has 0 bridgehead atoms. The Hall–Kier alpha value is -3.38. The molecule has 0 saturated heterocycles. The number of halogens is 3. The minimum Gasteiger partial charge on any atom is -0.480 e. The first-order valence-corrected chi connectivity index (χ1v) is 10.4. The van der Waals surface area contributed by atoms with Gasteiger partial charge in [-0.25, -0.2) is 13.8 Å². The van der Waals surface area contributed by atoms with Crippen LogP contribution < -0.4 is 20.9 Å². The number of aromatic nitrogens is 2. The minimum absolute atomic E-state index is 0.0641. The maximum Gasteiger partial charge on any atom is 0.300 e. The van der Waals surface area contributed by atoms with Crippen molar-refractivity contribution in [2.75, 3.05) is 17.2 Å². The highest BCUT2D eigenvalue weighted by atomic mass is 35.5. The molecule has 1 aromatic carbocycles. The molecule has 0 radical (unpaired) electrons. The summed E-state index contributed by atoms with van der Waals surface area (Å²) < 4.78 is 36.0. The molecule has 1 aliphatic rings. The quantitative estimate of drug-likeness (QED) is 0.544. The van der Waals surface area contributed by atoms with E-state index in [9.17, 15) is 18.8 Å². The molecule has 4 rings (SSSR count). The number of benzene rings is 1. The largest absolute Gasteiger partial charge is 0.480 e. The topological polar surface area (TPSA) is 92.0 Å². The molecule has 3 heterocycles. The predicted octanol–water partition coefficient (Wildman–Crippen LogP) is 4.81. The molecule has 3 aromatic rings. The summed E-state index contributed by atoms with van der Waals surface area (Å²) in [6.45, 7) is 0.943. The second kappa shape index (κ2) is 8.28. The molecule has 0 fully saturated rings. The van der Waals surface area contributed by atoms with Crippen LogP contribution in [0.25, 0.3) is 10.9 Å². The molecular formula is C22H20ClF2N5O2. The molecule has 7 nitrogen and oxygen atoms in total. The van der Waals surface area contributed by atoms with Crippen molar-refractivity contribution in [2.24, 2.45) is 7.05 Å². The van der Waals surface area contributed by atoms with Crippen LogP contribution in [-0.4, -0.2) is 28.1 Å². The number of fused-ring (bicyclic) bond motifs is 3. The lowest BCUT2D eigenvalue weighted by molar-refractivity contribution is -0.0548. The Balaban J connectivity index is 1.87. The maximum absolute atomic E-state index is 14.6. The van der Waals surface area contributed by atoms with Crippen molar-refractivity contribution in [1.29, 1.82) is 5.26 Å². The van der Waals surface area contributed by atoms with Crippen molar-refractivity contribution in [3.63, 3.8) is 0 Å². The van der Waals surface area contributed by atoms with Crippen LogP contribution in [0.15, 0.2) is 35.3 Å². The smallest absolute Gasteiger partial charge is 0.300 e. The van der Waals surface area contributed by atoms with E-state index in [2.05, 4.69) is 15.6 Å². The van der Waals surface area contributed by atoms with Gasteiger partial charge in [0.25, 0.3) is 5.56 Å². The van der Waals surface area contributed by atoms with Gasteiger partial charge in [-0.2, -0.15) is 5.26 Å². The third kappa shape index (κ3) is 3.71. The van der Waals surface area contributed by atoms with E-state index in [-0.39, 0.29) is 28.6 Å². The van der Waals surface area contributed by atoms with E-state index in [0.717, 1.165) is 0 Å². The average Bonchev–Trinajstić information content (AvgIpc) is 2.89. The lowest BCUT2D eigenvalue weighted by Crippen LogP contribution is -2.42. The summed E-state index contributed by atoms with van der Waals surface area (Å²) in [6.07, 6.45) is 2.22. The van der Waals surface area contributed by atoms with Crippen LogP contribution in [0.3, 0.4) is 0 Å². The van der Waals surface area contributed by atoms with Gasteiger partial charge in [0, 0.05) is 24.3 Å². The second-order valence-electron chi connectivity index (χ2n) is 7.60. The zero-order valence-corrected chi connectivity index (χ0v) is 18.1. The van der Waals surface area contributed by atoms with Gasteiger partial charge in [0.05, 0.1) is 22.9 Å². The second-order valence-corrected chi connectivity index (χ2v) is 7.95. The van der Waals surface area contributed by atoms with Crippen LogP contribution in [0.4, 0.5) is 25.8 Å². The number of hydrogen-bond donors (Lipinski definition) is 2. The lowest BCUT2D eigenvalue weighted by atomic mass is 10.0. The fourth-order valence-electron chi connectivity index (χ4n) is 3.80. The third-order valence-electron chi connectivity index (χ3n) is 5.46. The highest BCUT2D eigenvalue weighted by molar-refractivity contribution is 6.31. The van der Waals surface area contributed by atoms with Crippen molar-refractivity contribution in [1.82, 2.24) is 9.55 Å². The van der Waals surface area contributed by atoms with Crippen molar-refractivity contribution in [3.8, 4) is 11.8 Å². The monoisotopic (exact) mass is 459 g/mol. The van der Waals surface area contributed by atoms with E-state index >= 15 is 0 Å². The number of nitrogens with one attached hydrogen (secondary N) is 2. The summed E-state index contributed by atoms with van der Waals surface area (Å²) in [5.74, 6) is -3.28. The van der Waals surface area contributed by atoms with E-state index in [1.54, 1.807) is 31.3 Å². The molecule has 10 heteroatoms. The average molecular weight is 460 g/mol. The minimum atomic E-state index is -3.14. The summed E-state index contributed by atoms with van der Waals surface area (Å²) in [5, 5.41) is 16.0. The summed E-state index contributed by atoms with van der Waals surface area (Å²) in [7, 11) is 1.56. The van der Waals surface area contributed by atoms with E-state index in [4.69, 9.17) is 16.3 Å². The van der Waals surface area contributed by atoms with Gasteiger partial charge in [-0.1, -0.05) is 24.9 Å². The Kier molecular flexibility index (Phi) is 5.65. The molecule has 32 heavy (non-hydrogen) atoms. The molecule has 2 N–H and O–H groups in total. The van der Waals surface area contributed by atoms with Crippen LogP contribution in [-0.2, 0) is 7.05 Å². The van der Waals surface area contributed by atoms with Gasteiger partial charge in [-0.3, -0.25) is 4.79 Å². The first-order valence-electron chi connectivity index (χ1n) is 10.0. The SMILES string of the molecule is CCC[C@@H]1Nc2c(c(=O)n(C)c3ccc(Nc4ccnc(Cl)c4C#N)cc23)OCC1(F)F. The summed E-state index contributed by atoms with van der Waals surface area (Å²) in [6, 6.07) is 7.57. The molecule has 1 aliphatic heterocycles. The number of nitrogens with zero attached hydrogens (tertiary/aromatic N) is 3. The van der Waals surface area contributed by atoms with Crippen molar-refractivity contribution in [2.45, 2.75) is 31.7 Å². The molecule has 0 spiro atoms. The Bertz CT molecular complexity index is 1300. The summed E-state index contributed by atoms with van der Waals surface area (Å²) >= 11 is 6.01. The van der Waals surface area contributed by atoms with E-state index in [0.29, 0.717) is 28.7 Å². The number of hydrogen-bond acceptors (Lipinski definition) is 6. The Morgan fingerprint density at radius 2 is 2.22 bits per heavy atom. The number of pyridine rings is 2. The Morgan fingerprint density at radius 1 is 1.44 bits per heavy atom. The molecule has 1 atom stereocenters. The zero-order chi connectivity index (χ0) is 23.0. The van der Waals surface area contributed by atoms with Gasteiger partial charge >= 0.3 is 5.92 Å². The van der Waals surface area contributed by atoms with Crippen LogP contribution in [0, 0.1) is 11.3 Å². The van der Waals surface area contributed by atoms with Crippen molar-refractivity contribution in [3.05, 3.63) is 51.5 Å². The fraction of sp³-hybridized carbons (Fsp3) is 0.318. The van der Waals surface area contributed by atoms with E-state index in [1.165, 1.54) is 10.8 Å². The number of ether oxygens (including phenoxy) is 1. The van der Waals surface area contributed by atoms with Gasteiger partial charge in [0.15, 0.2) is 6.61 Å². The fourth-order valence-corrected chi connectivity index (χ4v) is 4.00. The molecular weight excluding hydrogens is 440 g/mol. The highest BCUT2D eigenvalue weighted by Gasteiger charge is 2.43. The van der Waals surface area contributed by atoms with Gasteiger partial charge < -0.3 is 19.9 Å². The molecule has 166 valence electrons. The molecule has 2 aromatic heterocycles. The molecule has 0 unspecified atom stereocenters. The van der Waals surface area contributed by atoms with Crippen LogP contribution in [0.5, 0.6) is 5.75 Å². The van der Waals surface area contributed by atoms with Gasteiger partial charge in [0.1, 0.15) is 16.8 Å². The first kappa shape index (κ1) is 21.8. The van der Waals surface area contributed by atoms with Crippen LogP contribution in [0.1, 0.15) is 25.3 Å². The predicted molar refractivity (Wildman–Crippen MR) is 119 cm³/mol. The first-order chi connectivity index (χ1) is 15.3. The Labute approximate surface area is 187 Å². The normalized spacial score (nSPS) is 16.9. The summed E-state index contributed by atoms with van der Waals surface area (Å²) in [5.41, 5.74) is 1.48. The summed E-state index contributed by atoms with van der Waals surface area (Å²) in [4.78, 5) is 16.7. The van der Waals surface area contributed by atoms with Crippen LogP contribution >= 0.6 is 11.6 Å². The number of alkyl halides is 2. The molecule has 0 saturated carbocycles. The Morgan fingerprint density at radius 3 is 2.94 bits per heavy atom. The third-order valence-corrected chi connectivity index (χ3v) is 5.75. The van der Waals surface area contributed by atoms with E-state index in [1.807, 2.05) is 13.0 Å². The highest BCUT2D eigenvalue weighted by Crippen LogP contribution is 2.39. The molecule has 0 aliphatic carbocycles. The maximum atomic E-state index is 14.6. The van der Waals surface area contributed by atoms with Crippen molar-refractivity contribution < 1.29 is 13.5 Å². The van der Waals surface area contributed by atoms with Crippen molar-refractivity contribution >= 4 is 39.6 Å². The zero-order valence-electron chi connectivity index (χ0n) is 17.4. The van der Waals surface area contributed by atoms with Gasteiger partial charge in [0.2, 0.25) is 5.75 Å². The number of aryl methyl sites for hydroxylation is 1. The molecule has 0 amide bonds. The van der Waals surface area contributed by atoms with E-state index < -0.39 is 24.1 Å². The number of anilines is 3. The lowest BCUT2D eigenvalue weighted by Gasteiger charge is -2.25. The number of nitriles is 1. The van der Waals surface area contributed by atoms with Crippen LogP contribution in [0.2, 0.25) is 5.15 Å². The van der Waals surface area contributed by atoms with Gasteiger partial charge in [-0.05, 0) is 30.7 Å². The van der Waals surface area contributed by atoms with Gasteiger partial charge in [-0.15, -0.1) is 0 Å². The standard InChI is InChI=1S/C22H20ClF2N5O2/c1-3-4-17-22(24,25)11-32-19-18(29-17)13-9-12(5-6-16(13)30(2)21(19)31)28-15-7-8-27-20(23)14(15)10-26/h5-9,17,29H,3-4,11H2,1-2H3,(H,27,28)/t17-/m0/s1. The number of rotatable bonds is 4.